The van der Waals surface area contributed by atoms with Crippen LogP contribution in [0.3, 0.4) is 0 Å². The molecule has 70 valence electrons. The summed E-state index contributed by atoms with van der Waals surface area (Å²) < 4.78 is 0. The number of aromatic nitrogens is 2. The third-order valence-corrected chi connectivity index (χ3v) is 1.69. The molecule has 1 rings (SSSR count). The standard InChI is InChI=1S/C8H11N3O2/c1-4-3-10-5(2)11-7(4)6(9)8(12)13/h3,6H,9H2,1-2H3,(H,12,13). The van der Waals surface area contributed by atoms with Crippen molar-refractivity contribution < 1.29 is 9.90 Å². The first-order valence-electron chi connectivity index (χ1n) is 3.81. The van der Waals surface area contributed by atoms with E-state index in [1.54, 1.807) is 20.0 Å². The largest absolute Gasteiger partial charge is 0.480 e. The average Bonchev–Trinajstić information content (AvgIpc) is 2.08. The summed E-state index contributed by atoms with van der Waals surface area (Å²) in [4.78, 5) is 18.5. The summed E-state index contributed by atoms with van der Waals surface area (Å²) in [5.41, 5.74) is 6.49. The van der Waals surface area contributed by atoms with Gasteiger partial charge in [0, 0.05) is 6.20 Å². The van der Waals surface area contributed by atoms with Crippen molar-refractivity contribution in [2.45, 2.75) is 19.9 Å². The predicted octanol–water partition coefficient (Wildman–Crippen LogP) is 0.178. The third kappa shape index (κ3) is 2.00. The molecule has 1 unspecified atom stereocenters. The maximum atomic E-state index is 10.6. The Kier molecular flexibility index (Phi) is 2.57. The van der Waals surface area contributed by atoms with Crippen LogP contribution in [-0.4, -0.2) is 21.0 Å². The van der Waals surface area contributed by atoms with Gasteiger partial charge in [0.15, 0.2) is 0 Å². The molecule has 5 nitrogen and oxygen atoms in total. The number of carboxylic acids is 1. The van der Waals surface area contributed by atoms with Crippen molar-refractivity contribution in [1.82, 2.24) is 9.97 Å². The van der Waals surface area contributed by atoms with Gasteiger partial charge >= 0.3 is 5.97 Å². The lowest BCUT2D eigenvalue weighted by Crippen LogP contribution is -2.23. The number of aryl methyl sites for hydroxylation is 2. The van der Waals surface area contributed by atoms with Crippen LogP contribution in [0.1, 0.15) is 23.1 Å². The molecule has 0 saturated carbocycles. The zero-order valence-electron chi connectivity index (χ0n) is 7.48. The molecule has 0 amide bonds. The Morgan fingerprint density at radius 1 is 1.62 bits per heavy atom. The van der Waals surface area contributed by atoms with Crippen LogP contribution in [0.15, 0.2) is 6.20 Å². The van der Waals surface area contributed by atoms with Gasteiger partial charge in [-0.25, -0.2) is 9.97 Å². The summed E-state index contributed by atoms with van der Waals surface area (Å²) in [6.07, 6.45) is 1.57. The van der Waals surface area contributed by atoms with Crippen LogP contribution in [-0.2, 0) is 4.79 Å². The summed E-state index contributed by atoms with van der Waals surface area (Å²) in [5.74, 6) is -0.557. The second kappa shape index (κ2) is 3.49. The van der Waals surface area contributed by atoms with E-state index in [9.17, 15) is 4.79 Å². The van der Waals surface area contributed by atoms with Crippen molar-refractivity contribution in [2.24, 2.45) is 5.73 Å². The fourth-order valence-corrected chi connectivity index (χ4v) is 0.980. The maximum Gasteiger partial charge on any atom is 0.326 e. The highest BCUT2D eigenvalue weighted by molar-refractivity contribution is 5.74. The highest BCUT2D eigenvalue weighted by atomic mass is 16.4. The van der Waals surface area contributed by atoms with E-state index in [1.165, 1.54) is 0 Å². The van der Waals surface area contributed by atoms with Crippen molar-refractivity contribution in [3.8, 4) is 0 Å². The molecule has 0 aliphatic rings. The van der Waals surface area contributed by atoms with Crippen LogP contribution < -0.4 is 5.73 Å². The molecule has 0 saturated heterocycles. The number of rotatable bonds is 2. The molecule has 5 heteroatoms. The van der Waals surface area contributed by atoms with E-state index in [0.29, 0.717) is 17.1 Å². The lowest BCUT2D eigenvalue weighted by Gasteiger charge is -2.08. The monoisotopic (exact) mass is 181 g/mol. The van der Waals surface area contributed by atoms with Gasteiger partial charge in [0.2, 0.25) is 0 Å². The van der Waals surface area contributed by atoms with Crippen LogP contribution in [0.4, 0.5) is 0 Å². The van der Waals surface area contributed by atoms with Gasteiger partial charge in [-0.05, 0) is 19.4 Å². The van der Waals surface area contributed by atoms with Crippen LogP contribution in [0, 0.1) is 13.8 Å². The first-order valence-corrected chi connectivity index (χ1v) is 3.81. The lowest BCUT2D eigenvalue weighted by molar-refractivity contribution is -0.138. The fourth-order valence-electron chi connectivity index (χ4n) is 0.980. The molecule has 0 spiro atoms. The normalized spacial score (nSPS) is 12.5. The lowest BCUT2D eigenvalue weighted by atomic mass is 10.1. The molecule has 0 radical (unpaired) electrons. The van der Waals surface area contributed by atoms with Gasteiger partial charge in [0.1, 0.15) is 11.9 Å². The maximum absolute atomic E-state index is 10.6. The van der Waals surface area contributed by atoms with Gasteiger partial charge in [-0.3, -0.25) is 4.79 Å². The number of aliphatic carboxylic acids is 1. The zero-order valence-corrected chi connectivity index (χ0v) is 7.48. The van der Waals surface area contributed by atoms with E-state index in [0.717, 1.165) is 0 Å². The van der Waals surface area contributed by atoms with E-state index < -0.39 is 12.0 Å². The molecule has 0 fully saturated rings. The minimum Gasteiger partial charge on any atom is -0.480 e. The number of carbonyl (C=O) groups is 1. The summed E-state index contributed by atoms with van der Waals surface area (Å²) in [5, 5.41) is 8.67. The minimum absolute atomic E-state index is 0.375. The topological polar surface area (TPSA) is 89.1 Å². The molecule has 0 aromatic carbocycles. The third-order valence-electron chi connectivity index (χ3n) is 1.69. The Hall–Kier alpha value is -1.49. The summed E-state index contributed by atoms with van der Waals surface area (Å²) in [6, 6.07) is -1.07. The Balaban J connectivity index is 3.12. The van der Waals surface area contributed by atoms with E-state index in [2.05, 4.69) is 9.97 Å². The highest BCUT2D eigenvalue weighted by Crippen LogP contribution is 2.11. The number of nitrogens with zero attached hydrogens (tertiary/aromatic N) is 2. The van der Waals surface area contributed by atoms with Crippen molar-refractivity contribution in [3.05, 3.63) is 23.3 Å². The van der Waals surface area contributed by atoms with E-state index in [1.807, 2.05) is 0 Å². The van der Waals surface area contributed by atoms with E-state index in [4.69, 9.17) is 10.8 Å². The predicted molar refractivity (Wildman–Crippen MR) is 46.1 cm³/mol. The molecule has 3 N–H and O–H groups in total. The van der Waals surface area contributed by atoms with Crippen molar-refractivity contribution in [2.75, 3.05) is 0 Å². The molecular weight excluding hydrogens is 170 g/mol. The molecule has 13 heavy (non-hydrogen) atoms. The van der Waals surface area contributed by atoms with Gasteiger partial charge in [0.25, 0.3) is 0 Å². The first-order chi connectivity index (χ1) is 6.02. The molecule has 0 aliphatic carbocycles. The molecule has 1 aromatic rings. The fraction of sp³-hybridized carbons (Fsp3) is 0.375. The Morgan fingerprint density at radius 3 is 2.77 bits per heavy atom. The Labute approximate surface area is 75.6 Å². The van der Waals surface area contributed by atoms with Gasteiger partial charge < -0.3 is 10.8 Å². The van der Waals surface area contributed by atoms with Gasteiger partial charge in [-0.1, -0.05) is 0 Å². The van der Waals surface area contributed by atoms with Crippen molar-refractivity contribution in [1.29, 1.82) is 0 Å². The second-order valence-electron chi connectivity index (χ2n) is 2.80. The molecule has 1 aromatic heterocycles. The van der Waals surface area contributed by atoms with Gasteiger partial charge in [-0.15, -0.1) is 0 Å². The Morgan fingerprint density at radius 2 is 2.23 bits per heavy atom. The number of nitrogens with two attached hydrogens (primary N) is 1. The Bertz CT molecular complexity index is 338. The van der Waals surface area contributed by atoms with Crippen LogP contribution in [0.5, 0.6) is 0 Å². The minimum atomic E-state index is -1.08. The number of hydrogen-bond donors (Lipinski definition) is 2. The smallest absolute Gasteiger partial charge is 0.326 e. The van der Waals surface area contributed by atoms with Crippen LogP contribution >= 0.6 is 0 Å². The summed E-state index contributed by atoms with van der Waals surface area (Å²) in [6.45, 7) is 3.43. The molecule has 0 aliphatic heterocycles. The van der Waals surface area contributed by atoms with E-state index >= 15 is 0 Å². The molecule has 1 heterocycles. The van der Waals surface area contributed by atoms with E-state index in [-0.39, 0.29) is 0 Å². The molecular formula is C8H11N3O2. The first kappa shape index (κ1) is 9.60. The van der Waals surface area contributed by atoms with Crippen LogP contribution in [0.2, 0.25) is 0 Å². The van der Waals surface area contributed by atoms with Gasteiger partial charge in [0.05, 0.1) is 5.69 Å². The van der Waals surface area contributed by atoms with Gasteiger partial charge in [-0.2, -0.15) is 0 Å². The average molecular weight is 181 g/mol. The SMILES string of the molecule is Cc1ncc(C)c(C(N)C(=O)O)n1. The van der Waals surface area contributed by atoms with Crippen molar-refractivity contribution >= 4 is 5.97 Å². The highest BCUT2D eigenvalue weighted by Gasteiger charge is 2.18. The zero-order chi connectivity index (χ0) is 10.0. The second-order valence-corrected chi connectivity index (χ2v) is 2.80. The number of hydrogen-bond acceptors (Lipinski definition) is 4. The quantitative estimate of drug-likeness (QED) is 0.679. The van der Waals surface area contributed by atoms with Crippen LogP contribution in [0.25, 0.3) is 0 Å². The summed E-state index contributed by atoms with van der Waals surface area (Å²) in [7, 11) is 0. The van der Waals surface area contributed by atoms with Crippen molar-refractivity contribution in [3.63, 3.8) is 0 Å². The summed E-state index contributed by atoms with van der Waals surface area (Å²) >= 11 is 0. The molecule has 0 bridgehead atoms. The number of carboxylic acid groups (broad SMARTS) is 1. The molecule has 1 atom stereocenters.